The Labute approximate surface area is 120 Å². The molecule has 1 heterocycles. The highest BCUT2D eigenvalue weighted by Gasteiger charge is 2.27. The average Bonchev–Trinajstić information content (AvgIpc) is 2.42. The number of aliphatic carboxylic acids is 1. The van der Waals surface area contributed by atoms with Gasteiger partial charge in [0.05, 0.1) is 6.10 Å². The Hall–Kier alpha value is -1.30. The van der Waals surface area contributed by atoms with Gasteiger partial charge in [0.2, 0.25) is 0 Å². The summed E-state index contributed by atoms with van der Waals surface area (Å²) in [4.78, 5) is 24.8. The van der Waals surface area contributed by atoms with Crippen LogP contribution in [0.25, 0.3) is 0 Å². The number of carboxylic acids is 1. The van der Waals surface area contributed by atoms with Gasteiger partial charge in [0.15, 0.2) is 0 Å². The first-order valence-electron chi connectivity index (χ1n) is 7.42. The predicted molar refractivity (Wildman–Crippen MR) is 75.5 cm³/mol. The minimum absolute atomic E-state index is 0.231. The van der Waals surface area contributed by atoms with Gasteiger partial charge in [-0.05, 0) is 32.1 Å². The maximum Gasteiger partial charge on any atom is 0.326 e. The maximum absolute atomic E-state index is 12.0. The van der Waals surface area contributed by atoms with Crippen LogP contribution in [0, 0.1) is 5.92 Å². The van der Waals surface area contributed by atoms with Crippen molar-refractivity contribution in [2.75, 3.05) is 13.1 Å². The van der Waals surface area contributed by atoms with Crippen LogP contribution in [0.3, 0.4) is 0 Å². The van der Waals surface area contributed by atoms with Crippen LogP contribution in [0.1, 0.15) is 46.0 Å². The lowest BCUT2D eigenvalue weighted by Gasteiger charge is -2.33. The number of carbonyl (C=O) groups excluding carboxylic acids is 1. The van der Waals surface area contributed by atoms with E-state index in [2.05, 4.69) is 5.32 Å². The van der Waals surface area contributed by atoms with Crippen LogP contribution in [-0.4, -0.2) is 52.3 Å². The van der Waals surface area contributed by atoms with E-state index in [-0.39, 0.29) is 18.1 Å². The molecular weight excluding hydrogens is 260 g/mol. The molecule has 1 aliphatic heterocycles. The molecule has 0 radical (unpaired) electrons. The number of aliphatic hydroxyl groups is 1. The number of urea groups is 1. The zero-order chi connectivity index (χ0) is 15.1. The third kappa shape index (κ3) is 5.00. The fourth-order valence-electron chi connectivity index (χ4n) is 2.49. The molecule has 0 aliphatic carbocycles. The minimum atomic E-state index is -0.981. The second-order valence-electron chi connectivity index (χ2n) is 5.55. The number of nitrogens with one attached hydrogen (secondary N) is 1. The van der Waals surface area contributed by atoms with Crippen molar-refractivity contribution in [3.05, 3.63) is 0 Å². The second-order valence-corrected chi connectivity index (χ2v) is 5.55. The van der Waals surface area contributed by atoms with Gasteiger partial charge in [-0.3, -0.25) is 0 Å². The minimum Gasteiger partial charge on any atom is -0.480 e. The third-order valence-electron chi connectivity index (χ3n) is 3.95. The average molecular weight is 286 g/mol. The molecule has 0 bridgehead atoms. The second kappa shape index (κ2) is 8.09. The molecule has 2 unspecified atom stereocenters. The van der Waals surface area contributed by atoms with Gasteiger partial charge in [-0.1, -0.05) is 19.8 Å². The number of rotatable bonds is 6. The number of aliphatic hydroxyl groups excluding tert-OH is 1. The lowest BCUT2D eigenvalue weighted by Crippen LogP contribution is -2.50. The Morgan fingerprint density at radius 2 is 1.95 bits per heavy atom. The number of carbonyl (C=O) groups is 2. The predicted octanol–water partition coefficient (Wildman–Crippen LogP) is 1.43. The van der Waals surface area contributed by atoms with Gasteiger partial charge in [0.25, 0.3) is 0 Å². The lowest BCUT2D eigenvalue weighted by molar-refractivity contribution is -0.139. The highest BCUT2D eigenvalue weighted by atomic mass is 16.4. The SMILES string of the molecule is CCCCC(NC(=O)N1CCC(C(C)O)CC1)C(=O)O. The quantitative estimate of drug-likeness (QED) is 0.689. The topological polar surface area (TPSA) is 89.9 Å². The number of hydrogen-bond donors (Lipinski definition) is 3. The van der Waals surface area contributed by atoms with Crippen molar-refractivity contribution in [1.29, 1.82) is 0 Å². The maximum atomic E-state index is 12.0. The van der Waals surface area contributed by atoms with E-state index in [1.807, 2.05) is 6.92 Å². The molecule has 0 saturated carbocycles. The monoisotopic (exact) mass is 286 g/mol. The van der Waals surface area contributed by atoms with Crippen LogP contribution >= 0.6 is 0 Å². The van der Waals surface area contributed by atoms with E-state index in [0.717, 1.165) is 25.7 Å². The summed E-state index contributed by atoms with van der Waals surface area (Å²) in [5, 5.41) is 21.2. The van der Waals surface area contributed by atoms with E-state index < -0.39 is 12.0 Å². The molecule has 2 atom stereocenters. The molecule has 3 N–H and O–H groups in total. The molecule has 2 amide bonds. The van der Waals surface area contributed by atoms with E-state index in [1.165, 1.54) is 0 Å². The van der Waals surface area contributed by atoms with Crippen molar-refractivity contribution in [1.82, 2.24) is 10.2 Å². The summed E-state index contributed by atoms with van der Waals surface area (Å²) in [5.41, 5.74) is 0. The smallest absolute Gasteiger partial charge is 0.326 e. The molecule has 116 valence electrons. The third-order valence-corrected chi connectivity index (χ3v) is 3.95. The molecule has 6 nitrogen and oxygen atoms in total. The number of amides is 2. The van der Waals surface area contributed by atoms with Crippen molar-refractivity contribution in [3.63, 3.8) is 0 Å². The zero-order valence-electron chi connectivity index (χ0n) is 12.3. The molecule has 6 heteroatoms. The Balaban J connectivity index is 2.43. The molecule has 0 aromatic rings. The van der Waals surface area contributed by atoms with E-state index in [9.17, 15) is 14.7 Å². The molecular formula is C14H26N2O4. The van der Waals surface area contributed by atoms with Crippen LogP contribution in [0.15, 0.2) is 0 Å². The van der Waals surface area contributed by atoms with Gasteiger partial charge in [-0.15, -0.1) is 0 Å². The van der Waals surface area contributed by atoms with Crippen molar-refractivity contribution < 1.29 is 19.8 Å². The summed E-state index contributed by atoms with van der Waals surface area (Å²) >= 11 is 0. The number of unbranched alkanes of at least 4 members (excludes halogenated alkanes) is 1. The van der Waals surface area contributed by atoms with Crippen LogP contribution in [-0.2, 0) is 4.79 Å². The molecule has 1 aliphatic rings. The van der Waals surface area contributed by atoms with E-state index in [1.54, 1.807) is 11.8 Å². The highest BCUT2D eigenvalue weighted by Crippen LogP contribution is 2.20. The Bertz CT molecular complexity index is 325. The molecule has 20 heavy (non-hydrogen) atoms. The molecule has 1 saturated heterocycles. The van der Waals surface area contributed by atoms with Crippen LogP contribution in [0.4, 0.5) is 4.79 Å². The fourth-order valence-corrected chi connectivity index (χ4v) is 2.49. The molecule has 1 fully saturated rings. The van der Waals surface area contributed by atoms with Gasteiger partial charge >= 0.3 is 12.0 Å². The van der Waals surface area contributed by atoms with Crippen molar-refractivity contribution in [2.45, 2.75) is 58.1 Å². The molecule has 0 spiro atoms. The molecule has 0 aromatic heterocycles. The summed E-state index contributed by atoms with van der Waals surface area (Å²) in [6.45, 7) is 4.90. The normalized spacial score (nSPS) is 19.4. The van der Waals surface area contributed by atoms with Crippen molar-refractivity contribution >= 4 is 12.0 Å². The van der Waals surface area contributed by atoms with Gasteiger partial charge in [0, 0.05) is 13.1 Å². The number of nitrogens with zero attached hydrogens (tertiary/aromatic N) is 1. The fraction of sp³-hybridized carbons (Fsp3) is 0.857. The Morgan fingerprint density at radius 1 is 1.35 bits per heavy atom. The number of piperidine rings is 1. The van der Waals surface area contributed by atoms with Crippen LogP contribution in [0.2, 0.25) is 0 Å². The number of likely N-dealkylation sites (tertiary alicyclic amines) is 1. The highest BCUT2D eigenvalue weighted by molar-refractivity contribution is 5.82. The largest absolute Gasteiger partial charge is 0.480 e. The standard InChI is InChI=1S/C14H26N2O4/c1-3-4-5-12(13(18)19)15-14(20)16-8-6-11(7-9-16)10(2)17/h10-12,17H,3-9H2,1-2H3,(H,15,20)(H,18,19). The first kappa shape index (κ1) is 16.8. The van der Waals surface area contributed by atoms with Gasteiger partial charge < -0.3 is 20.4 Å². The van der Waals surface area contributed by atoms with Crippen LogP contribution in [0.5, 0.6) is 0 Å². The summed E-state index contributed by atoms with van der Waals surface area (Å²) in [7, 11) is 0. The van der Waals surface area contributed by atoms with Gasteiger partial charge in [0.1, 0.15) is 6.04 Å². The molecule has 0 aromatic carbocycles. The Kier molecular flexibility index (Phi) is 6.78. The summed E-state index contributed by atoms with van der Waals surface area (Å²) < 4.78 is 0. The van der Waals surface area contributed by atoms with Gasteiger partial charge in [-0.2, -0.15) is 0 Å². The first-order chi connectivity index (χ1) is 9.45. The Morgan fingerprint density at radius 3 is 2.40 bits per heavy atom. The first-order valence-corrected chi connectivity index (χ1v) is 7.42. The number of hydrogen-bond acceptors (Lipinski definition) is 3. The van der Waals surface area contributed by atoms with Gasteiger partial charge in [-0.25, -0.2) is 9.59 Å². The lowest BCUT2D eigenvalue weighted by atomic mass is 9.92. The van der Waals surface area contributed by atoms with Crippen molar-refractivity contribution in [3.8, 4) is 0 Å². The zero-order valence-corrected chi connectivity index (χ0v) is 12.3. The van der Waals surface area contributed by atoms with Crippen LogP contribution < -0.4 is 5.32 Å². The number of carboxylic acid groups (broad SMARTS) is 1. The summed E-state index contributed by atoms with van der Waals surface area (Å²) in [6, 6.07) is -1.12. The van der Waals surface area contributed by atoms with E-state index in [0.29, 0.717) is 19.5 Å². The summed E-state index contributed by atoms with van der Waals surface area (Å²) in [6.07, 6.45) is 3.31. The van der Waals surface area contributed by atoms with E-state index >= 15 is 0 Å². The molecule has 1 rings (SSSR count). The van der Waals surface area contributed by atoms with E-state index in [4.69, 9.17) is 5.11 Å². The summed E-state index contributed by atoms with van der Waals surface area (Å²) in [5.74, 6) is -0.750. The van der Waals surface area contributed by atoms with Crippen molar-refractivity contribution in [2.24, 2.45) is 5.92 Å².